The molecule has 0 radical (unpaired) electrons. The van der Waals surface area contributed by atoms with Crippen molar-refractivity contribution in [2.45, 2.75) is 0 Å². The van der Waals surface area contributed by atoms with Gasteiger partial charge >= 0.3 is 0 Å². The molecule has 7 aromatic carbocycles. The predicted octanol–water partition coefficient (Wildman–Crippen LogP) is 11.7. The summed E-state index contributed by atoms with van der Waals surface area (Å²) in [4.78, 5) is 15.3. The maximum absolute atomic E-state index is 5.17. The quantitative estimate of drug-likeness (QED) is 0.193. The van der Waals surface area contributed by atoms with Crippen molar-refractivity contribution < 1.29 is 0 Å². The first-order valence-electron chi connectivity index (χ1n) is 15.7. The van der Waals surface area contributed by atoms with Crippen molar-refractivity contribution in [2.24, 2.45) is 0 Å². The van der Waals surface area contributed by atoms with Crippen LogP contribution in [-0.2, 0) is 0 Å². The van der Waals surface area contributed by atoms with Crippen LogP contribution in [0, 0.1) is 0 Å². The van der Waals surface area contributed by atoms with Gasteiger partial charge in [-0.25, -0.2) is 15.0 Å². The molecule has 0 atom stereocenters. The van der Waals surface area contributed by atoms with Crippen LogP contribution in [0.2, 0.25) is 0 Å². The van der Waals surface area contributed by atoms with Gasteiger partial charge in [0.15, 0.2) is 17.5 Å². The summed E-state index contributed by atoms with van der Waals surface area (Å²) in [6.45, 7) is 0. The first-order chi connectivity index (χ1) is 23.3. The minimum absolute atomic E-state index is 0.656. The zero-order valence-electron chi connectivity index (χ0n) is 25.3. The van der Waals surface area contributed by atoms with Gasteiger partial charge in [0, 0.05) is 36.9 Å². The predicted molar refractivity (Wildman–Crippen MR) is 197 cm³/mol. The molecule has 0 spiro atoms. The lowest BCUT2D eigenvalue weighted by Crippen LogP contribution is -2.00. The Balaban J connectivity index is 1.34. The summed E-state index contributed by atoms with van der Waals surface area (Å²) in [5, 5.41) is 4.84. The Kier molecular flexibility index (Phi) is 6.65. The van der Waals surface area contributed by atoms with E-state index in [-0.39, 0.29) is 0 Å². The molecule has 220 valence electrons. The van der Waals surface area contributed by atoms with Crippen LogP contribution in [0.15, 0.2) is 164 Å². The van der Waals surface area contributed by atoms with Gasteiger partial charge in [-0.05, 0) is 51.2 Å². The highest BCUT2D eigenvalue weighted by molar-refractivity contribution is 7.26. The number of hydrogen-bond acceptors (Lipinski definition) is 4. The lowest BCUT2D eigenvalue weighted by molar-refractivity contribution is 1.08. The van der Waals surface area contributed by atoms with Crippen molar-refractivity contribution in [3.63, 3.8) is 0 Å². The Morgan fingerprint density at radius 2 is 0.894 bits per heavy atom. The number of rotatable bonds is 5. The van der Waals surface area contributed by atoms with Gasteiger partial charge in [0.1, 0.15) is 0 Å². The summed E-state index contributed by atoms with van der Waals surface area (Å²) < 4.78 is 2.44. The number of thiophene rings is 1. The highest BCUT2D eigenvalue weighted by Crippen LogP contribution is 2.44. The van der Waals surface area contributed by atoms with Crippen LogP contribution in [0.25, 0.3) is 87.4 Å². The zero-order chi connectivity index (χ0) is 31.2. The van der Waals surface area contributed by atoms with Crippen LogP contribution in [0.3, 0.4) is 0 Å². The Morgan fingerprint density at radius 1 is 0.340 bits per heavy atom. The Morgan fingerprint density at radius 3 is 1.64 bits per heavy atom. The van der Waals surface area contributed by atoms with E-state index in [0.29, 0.717) is 17.5 Å². The van der Waals surface area contributed by atoms with E-state index >= 15 is 0 Å². The maximum Gasteiger partial charge on any atom is 0.164 e. The zero-order valence-corrected chi connectivity index (χ0v) is 26.2. The van der Waals surface area contributed by atoms with Crippen molar-refractivity contribution >= 4 is 42.3 Å². The monoisotopic (exact) mass is 617 g/mol. The van der Waals surface area contributed by atoms with Crippen LogP contribution in [-0.4, -0.2) is 15.0 Å². The normalized spacial score (nSPS) is 11.4. The summed E-state index contributed by atoms with van der Waals surface area (Å²) in [6.07, 6.45) is 0. The number of benzene rings is 7. The molecule has 0 unspecified atom stereocenters. The third-order valence-corrected chi connectivity index (χ3v) is 9.85. The fourth-order valence-electron chi connectivity index (χ4n) is 6.55. The SMILES string of the molecule is c1ccc(-c2nc(-c3ccccc3)nc(-c3cc(-c4ccccc4-c4cccc5ccccc45)cc4sc5ccccc5c34)n2)cc1. The molecule has 47 heavy (non-hydrogen) atoms. The minimum Gasteiger partial charge on any atom is -0.208 e. The van der Waals surface area contributed by atoms with Gasteiger partial charge in [0.2, 0.25) is 0 Å². The van der Waals surface area contributed by atoms with Crippen LogP contribution in [0.1, 0.15) is 0 Å². The number of fused-ring (bicyclic) bond motifs is 4. The molecular weight excluding hydrogens is 591 g/mol. The Bertz CT molecular complexity index is 2510. The van der Waals surface area contributed by atoms with Crippen LogP contribution < -0.4 is 0 Å². The average Bonchev–Trinajstić information content (AvgIpc) is 3.53. The first-order valence-corrected chi connectivity index (χ1v) is 16.5. The van der Waals surface area contributed by atoms with Crippen molar-refractivity contribution in [3.8, 4) is 56.4 Å². The molecule has 0 bridgehead atoms. The molecule has 0 aliphatic heterocycles. The molecular formula is C43H27N3S. The van der Waals surface area contributed by atoms with E-state index in [2.05, 4.69) is 127 Å². The number of aromatic nitrogens is 3. The fraction of sp³-hybridized carbons (Fsp3) is 0. The number of hydrogen-bond donors (Lipinski definition) is 0. The molecule has 0 N–H and O–H groups in total. The van der Waals surface area contributed by atoms with Gasteiger partial charge < -0.3 is 0 Å². The van der Waals surface area contributed by atoms with E-state index in [1.54, 1.807) is 0 Å². The van der Waals surface area contributed by atoms with Gasteiger partial charge in [-0.15, -0.1) is 11.3 Å². The van der Waals surface area contributed by atoms with E-state index < -0.39 is 0 Å². The third-order valence-electron chi connectivity index (χ3n) is 8.74. The highest BCUT2D eigenvalue weighted by atomic mass is 32.1. The molecule has 2 heterocycles. The molecule has 0 amide bonds. The van der Waals surface area contributed by atoms with Crippen LogP contribution in [0.5, 0.6) is 0 Å². The second kappa shape index (κ2) is 11.4. The Labute approximate surface area is 276 Å². The van der Waals surface area contributed by atoms with E-state index in [1.165, 1.54) is 47.6 Å². The molecule has 0 aliphatic carbocycles. The molecule has 0 saturated carbocycles. The molecule has 0 saturated heterocycles. The molecule has 4 heteroatoms. The van der Waals surface area contributed by atoms with E-state index in [4.69, 9.17) is 15.0 Å². The molecule has 0 aliphatic rings. The minimum atomic E-state index is 0.656. The van der Waals surface area contributed by atoms with E-state index in [9.17, 15) is 0 Å². The smallest absolute Gasteiger partial charge is 0.164 e. The molecule has 0 fully saturated rings. The van der Waals surface area contributed by atoms with Gasteiger partial charge in [-0.2, -0.15) is 0 Å². The van der Waals surface area contributed by atoms with Crippen LogP contribution in [0.4, 0.5) is 0 Å². The number of nitrogens with zero attached hydrogens (tertiary/aromatic N) is 3. The van der Waals surface area contributed by atoms with E-state index in [1.807, 2.05) is 47.7 Å². The van der Waals surface area contributed by atoms with Gasteiger partial charge in [-0.1, -0.05) is 146 Å². The average molecular weight is 618 g/mol. The Hall–Kier alpha value is -5.97. The second-order valence-electron chi connectivity index (χ2n) is 11.6. The largest absolute Gasteiger partial charge is 0.208 e. The summed E-state index contributed by atoms with van der Waals surface area (Å²) >= 11 is 1.81. The third kappa shape index (κ3) is 4.87. The fourth-order valence-corrected chi connectivity index (χ4v) is 7.72. The van der Waals surface area contributed by atoms with E-state index in [0.717, 1.165) is 22.3 Å². The summed E-state index contributed by atoms with van der Waals surface area (Å²) in [5.74, 6) is 1.98. The molecule has 2 aromatic heterocycles. The summed E-state index contributed by atoms with van der Waals surface area (Å²) in [7, 11) is 0. The van der Waals surface area contributed by atoms with Crippen molar-refractivity contribution in [2.75, 3.05) is 0 Å². The van der Waals surface area contributed by atoms with Gasteiger partial charge in [-0.3, -0.25) is 0 Å². The molecule has 9 rings (SSSR count). The second-order valence-corrected chi connectivity index (χ2v) is 12.7. The highest BCUT2D eigenvalue weighted by Gasteiger charge is 2.20. The topological polar surface area (TPSA) is 38.7 Å². The lowest BCUT2D eigenvalue weighted by atomic mass is 9.90. The van der Waals surface area contributed by atoms with Crippen molar-refractivity contribution in [1.82, 2.24) is 15.0 Å². The van der Waals surface area contributed by atoms with Crippen molar-refractivity contribution in [3.05, 3.63) is 164 Å². The lowest BCUT2D eigenvalue weighted by Gasteiger charge is -2.15. The maximum atomic E-state index is 5.17. The summed E-state index contributed by atoms with van der Waals surface area (Å²) in [6, 6.07) is 57.5. The first kappa shape index (κ1) is 27.3. The standard InChI is InChI=1S/C43H27N3S/c1-3-15-29(16-4-1)41-44-42(30-17-5-2-6-18-30)46-43(45-41)37-26-31(27-39-40(37)36-23-11-12-25-38(36)47-39)33-21-9-10-22-34(33)35-24-13-19-28-14-7-8-20-32(28)35/h1-27H. The van der Waals surface area contributed by atoms with Gasteiger partial charge in [0.05, 0.1) is 0 Å². The van der Waals surface area contributed by atoms with Crippen molar-refractivity contribution in [1.29, 1.82) is 0 Å². The molecule has 3 nitrogen and oxygen atoms in total. The van der Waals surface area contributed by atoms with Gasteiger partial charge in [0.25, 0.3) is 0 Å². The molecule has 9 aromatic rings. The summed E-state index contributed by atoms with van der Waals surface area (Å²) in [5.41, 5.74) is 7.63. The van der Waals surface area contributed by atoms with Crippen LogP contribution >= 0.6 is 11.3 Å².